The van der Waals surface area contributed by atoms with Gasteiger partial charge in [-0.15, -0.1) is 0 Å². The first-order valence-corrected chi connectivity index (χ1v) is 9.40. The van der Waals surface area contributed by atoms with Crippen LogP contribution in [-0.2, 0) is 24.4 Å². The third-order valence-electron chi connectivity index (χ3n) is 4.71. The SMILES string of the molecule is Cn1ccc2c(Oc3ccc(NC(=O)Cc4ccc(C(F)(F)F)cc4F)cc3)ncnc21. The van der Waals surface area contributed by atoms with Crippen molar-refractivity contribution >= 4 is 22.6 Å². The molecular weight excluding hydrogens is 428 g/mol. The minimum absolute atomic E-state index is 0.133. The van der Waals surface area contributed by atoms with Gasteiger partial charge in [-0.1, -0.05) is 6.07 Å². The summed E-state index contributed by atoms with van der Waals surface area (Å²) in [4.78, 5) is 20.5. The summed E-state index contributed by atoms with van der Waals surface area (Å²) in [6, 6.07) is 10.3. The Morgan fingerprint density at radius 2 is 1.84 bits per heavy atom. The lowest BCUT2D eigenvalue weighted by Crippen LogP contribution is -2.15. The van der Waals surface area contributed by atoms with E-state index < -0.39 is 29.9 Å². The molecule has 1 amide bonds. The zero-order valence-electron chi connectivity index (χ0n) is 16.7. The van der Waals surface area contributed by atoms with Gasteiger partial charge in [0, 0.05) is 18.9 Å². The molecule has 10 heteroatoms. The van der Waals surface area contributed by atoms with Gasteiger partial charge in [-0.3, -0.25) is 4.79 Å². The van der Waals surface area contributed by atoms with Gasteiger partial charge in [-0.2, -0.15) is 13.2 Å². The quantitative estimate of drug-likeness (QED) is 0.435. The molecule has 2 aromatic carbocycles. The van der Waals surface area contributed by atoms with E-state index >= 15 is 0 Å². The third-order valence-corrected chi connectivity index (χ3v) is 4.71. The number of alkyl halides is 3. The maximum Gasteiger partial charge on any atom is 0.416 e. The molecule has 0 aliphatic heterocycles. The van der Waals surface area contributed by atoms with Crippen LogP contribution in [0.3, 0.4) is 0 Å². The first-order chi connectivity index (χ1) is 15.2. The summed E-state index contributed by atoms with van der Waals surface area (Å²) in [5, 5.41) is 3.32. The van der Waals surface area contributed by atoms with Crippen molar-refractivity contribution in [3.8, 4) is 11.6 Å². The summed E-state index contributed by atoms with van der Waals surface area (Å²) in [5.74, 6) is -0.805. The Morgan fingerprint density at radius 1 is 1.09 bits per heavy atom. The minimum Gasteiger partial charge on any atom is -0.438 e. The van der Waals surface area contributed by atoms with Crippen LogP contribution in [0, 0.1) is 5.82 Å². The molecule has 32 heavy (non-hydrogen) atoms. The average molecular weight is 444 g/mol. The molecule has 4 aromatic rings. The molecule has 164 valence electrons. The Morgan fingerprint density at radius 3 is 2.53 bits per heavy atom. The fraction of sp³-hybridized carbons (Fsp3) is 0.136. The Balaban J connectivity index is 1.41. The van der Waals surface area contributed by atoms with Crippen molar-refractivity contribution in [1.82, 2.24) is 14.5 Å². The summed E-state index contributed by atoms with van der Waals surface area (Å²) < 4.78 is 59.5. The van der Waals surface area contributed by atoms with E-state index in [9.17, 15) is 22.4 Å². The van der Waals surface area contributed by atoms with Crippen molar-refractivity contribution in [2.75, 3.05) is 5.32 Å². The minimum atomic E-state index is -4.65. The highest BCUT2D eigenvalue weighted by molar-refractivity contribution is 5.92. The molecule has 0 saturated carbocycles. The van der Waals surface area contributed by atoms with Crippen LogP contribution in [0.25, 0.3) is 11.0 Å². The van der Waals surface area contributed by atoms with Gasteiger partial charge in [-0.25, -0.2) is 14.4 Å². The van der Waals surface area contributed by atoms with Gasteiger partial charge in [0.05, 0.1) is 17.4 Å². The molecule has 0 aliphatic rings. The maximum atomic E-state index is 13.9. The number of aromatic nitrogens is 3. The number of benzene rings is 2. The number of nitrogens with one attached hydrogen (secondary N) is 1. The van der Waals surface area contributed by atoms with Crippen LogP contribution in [0.5, 0.6) is 11.6 Å². The first-order valence-electron chi connectivity index (χ1n) is 9.40. The van der Waals surface area contributed by atoms with Gasteiger partial charge in [0.25, 0.3) is 0 Å². The number of fused-ring (bicyclic) bond motifs is 1. The zero-order valence-corrected chi connectivity index (χ0v) is 16.7. The first kappa shape index (κ1) is 21.3. The predicted octanol–water partition coefficient (Wildman–Crippen LogP) is 5.10. The van der Waals surface area contributed by atoms with Crippen molar-refractivity contribution in [3.05, 3.63) is 78.0 Å². The molecule has 0 unspecified atom stereocenters. The van der Waals surface area contributed by atoms with Crippen molar-refractivity contribution in [3.63, 3.8) is 0 Å². The van der Waals surface area contributed by atoms with Crippen molar-refractivity contribution in [1.29, 1.82) is 0 Å². The van der Waals surface area contributed by atoms with E-state index in [1.54, 1.807) is 24.3 Å². The summed E-state index contributed by atoms with van der Waals surface area (Å²) >= 11 is 0. The molecule has 0 aliphatic carbocycles. The van der Waals surface area contributed by atoms with E-state index in [0.717, 1.165) is 23.2 Å². The molecule has 2 heterocycles. The van der Waals surface area contributed by atoms with E-state index in [0.29, 0.717) is 23.4 Å². The smallest absolute Gasteiger partial charge is 0.416 e. The molecule has 2 aromatic heterocycles. The van der Waals surface area contributed by atoms with Crippen LogP contribution < -0.4 is 10.1 Å². The molecular formula is C22H16F4N4O2. The Bertz CT molecular complexity index is 1280. The van der Waals surface area contributed by atoms with Gasteiger partial charge in [0.15, 0.2) is 0 Å². The van der Waals surface area contributed by atoms with Crippen LogP contribution in [0.2, 0.25) is 0 Å². The number of rotatable bonds is 5. The van der Waals surface area contributed by atoms with Gasteiger partial charge in [0.2, 0.25) is 11.8 Å². The number of amides is 1. The van der Waals surface area contributed by atoms with Gasteiger partial charge in [-0.05, 0) is 48.0 Å². The van der Waals surface area contributed by atoms with Crippen molar-refractivity contribution in [2.24, 2.45) is 7.05 Å². The van der Waals surface area contributed by atoms with E-state index in [1.807, 2.05) is 23.9 Å². The Hall–Kier alpha value is -3.95. The fourth-order valence-electron chi connectivity index (χ4n) is 3.10. The average Bonchev–Trinajstić information content (AvgIpc) is 3.12. The number of carbonyl (C=O) groups is 1. The number of hydrogen-bond donors (Lipinski definition) is 1. The molecule has 0 spiro atoms. The predicted molar refractivity (Wildman–Crippen MR) is 109 cm³/mol. The fourth-order valence-corrected chi connectivity index (χ4v) is 3.10. The number of anilines is 1. The molecule has 4 rings (SSSR count). The molecule has 6 nitrogen and oxygen atoms in total. The largest absolute Gasteiger partial charge is 0.438 e. The molecule has 0 bridgehead atoms. The number of aryl methyl sites for hydroxylation is 1. The van der Waals surface area contributed by atoms with Gasteiger partial charge >= 0.3 is 6.18 Å². The van der Waals surface area contributed by atoms with Crippen molar-refractivity contribution in [2.45, 2.75) is 12.6 Å². The van der Waals surface area contributed by atoms with Gasteiger partial charge in [0.1, 0.15) is 23.5 Å². The number of nitrogens with zero attached hydrogens (tertiary/aromatic N) is 3. The summed E-state index contributed by atoms with van der Waals surface area (Å²) in [6.07, 6.45) is -1.82. The lowest BCUT2D eigenvalue weighted by Gasteiger charge is -2.10. The molecule has 0 radical (unpaired) electrons. The van der Waals surface area contributed by atoms with E-state index in [4.69, 9.17) is 4.74 Å². The zero-order chi connectivity index (χ0) is 22.9. The topological polar surface area (TPSA) is 69.0 Å². The molecule has 0 saturated heterocycles. The number of ether oxygens (including phenoxy) is 1. The number of halogens is 4. The molecule has 0 atom stereocenters. The standard InChI is InChI=1S/C22H16F4N4O2/c1-30-9-8-17-20(30)27-12-28-21(17)32-16-6-4-15(5-7-16)29-19(31)10-13-2-3-14(11-18(13)23)22(24,25)26/h2-9,11-12H,10H2,1H3,(H,29,31). The lowest BCUT2D eigenvalue weighted by molar-refractivity contribution is -0.137. The Labute approximate surface area is 179 Å². The second-order valence-corrected chi connectivity index (χ2v) is 7.00. The highest BCUT2D eigenvalue weighted by Crippen LogP contribution is 2.30. The summed E-state index contributed by atoms with van der Waals surface area (Å²) in [6.45, 7) is 0. The second-order valence-electron chi connectivity index (χ2n) is 7.00. The van der Waals surface area contributed by atoms with E-state index in [2.05, 4.69) is 15.3 Å². The normalized spacial score (nSPS) is 11.5. The van der Waals surface area contributed by atoms with Crippen LogP contribution in [0.15, 0.2) is 61.1 Å². The maximum absolute atomic E-state index is 13.9. The highest BCUT2D eigenvalue weighted by Gasteiger charge is 2.31. The monoisotopic (exact) mass is 444 g/mol. The second kappa shape index (κ2) is 8.29. The molecule has 1 N–H and O–H groups in total. The van der Waals surface area contributed by atoms with Crippen molar-refractivity contribution < 1.29 is 27.1 Å². The van der Waals surface area contributed by atoms with Gasteiger partial charge < -0.3 is 14.6 Å². The highest BCUT2D eigenvalue weighted by atomic mass is 19.4. The van der Waals surface area contributed by atoms with E-state index in [-0.39, 0.29) is 5.56 Å². The lowest BCUT2D eigenvalue weighted by atomic mass is 10.1. The van der Waals surface area contributed by atoms with E-state index in [1.165, 1.54) is 6.33 Å². The number of carbonyl (C=O) groups excluding carboxylic acids is 1. The van der Waals surface area contributed by atoms with Crippen LogP contribution in [-0.4, -0.2) is 20.4 Å². The third kappa shape index (κ3) is 4.53. The van der Waals surface area contributed by atoms with Crippen LogP contribution in [0.1, 0.15) is 11.1 Å². The Kier molecular flexibility index (Phi) is 5.52. The van der Waals surface area contributed by atoms with Crippen LogP contribution >= 0.6 is 0 Å². The number of hydrogen-bond acceptors (Lipinski definition) is 4. The summed E-state index contributed by atoms with van der Waals surface area (Å²) in [5.41, 5.74) is -0.103. The van der Waals surface area contributed by atoms with Crippen LogP contribution in [0.4, 0.5) is 23.2 Å². The summed E-state index contributed by atoms with van der Waals surface area (Å²) in [7, 11) is 1.85. The molecule has 0 fully saturated rings.